The Bertz CT molecular complexity index is 699. The number of sulfone groups is 1. The van der Waals surface area contributed by atoms with Crippen molar-refractivity contribution in [3.05, 3.63) is 24.3 Å². The van der Waals surface area contributed by atoms with Crippen molar-refractivity contribution in [2.45, 2.75) is 18.2 Å². The minimum atomic E-state index is -3.68. The Morgan fingerprint density at radius 1 is 1.19 bits per heavy atom. The highest BCUT2D eigenvalue weighted by atomic mass is 32.2. The number of hydrogen-bond acceptors (Lipinski definition) is 5. The Morgan fingerprint density at radius 3 is 2.62 bits per heavy atom. The molecule has 118 valence electrons. The first-order chi connectivity index (χ1) is 9.87. The van der Waals surface area contributed by atoms with Crippen molar-refractivity contribution in [1.29, 1.82) is 0 Å². The van der Waals surface area contributed by atoms with E-state index in [0.717, 1.165) is 0 Å². The number of nitrogens with one attached hydrogen (secondary N) is 1. The summed E-state index contributed by atoms with van der Waals surface area (Å²) in [5, 5.41) is 3.03. The predicted molar refractivity (Wildman–Crippen MR) is 82.6 cm³/mol. The molecule has 1 fully saturated rings. The summed E-state index contributed by atoms with van der Waals surface area (Å²) in [5.41, 5.74) is 0.548. The molecule has 2 rings (SSSR count). The highest BCUT2D eigenvalue weighted by Crippen LogP contribution is 2.25. The Kier molecular flexibility index (Phi) is 4.90. The van der Waals surface area contributed by atoms with Gasteiger partial charge in [0.1, 0.15) is 4.90 Å². The number of rotatable bonds is 4. The standard InChI is InChI=1S/C13H20N2O4S2/c1-2-14-12-6-3-4-7-13(12)21(18,19)15-8-5-10-20(16,17)11-9-15/h3-4,6-7,14H,2,5,8-11H2,1H3. The van der Waals surface area contributed by atoms with E-state index in [0.29, 0.717) is 18.7 Å². The molecule has 1 aliphatic heterocycles. The van der Waals surface area contributed by atoms with Gasteiger partial charge in [-0.25, -0.2) is 16.8 Å². The van der Waals surface area contributed by atoms with Crippen LogP contribution in [0.2, 0.25) is 0 Å². The van der Waals surface area contributed by atoms with Gasteiger partial charge < -0.3 is 5.32 Å². The maximum absolute atomic E-state index is 12.7. The predicted octanol–water partition coefficient (Wildman–Crippen LogP) is 0.928. The molecular weight excluding hydrogens is 312 g/mol. The van der Waals surface area contributed by atoms with Gasteiger partial charge in [0.25, 0.3) is 0 Å². The average Bonchev–Trinajstić information content (AvgIpc) is 2.61. The second-order valence-electron chi connectivity index (χ2n) is 4.94. The van der Waals surface area contributed by atoms with Gasteiger partial charge in [0, 0.05) is 19.6 Å². The van der Waals surface area contributed by atoms with Crippen LogP contribution in [0, 0.1) is 0 Å². The van der Waals surface area contributed by atoms with Crippen molar-refractivity contribution in [1.82, 2.24) is 4.31 Å². The number of sulfonamides is 1. The third-order valence-electron chi connectivity index (χ3n) is 3.39. The molecule has 0 atom stereocenters. The summed E-state index contributed by atoms with van der Waals surface area (Å²) in [4.78, 5) is 0.200. The van der Waals surface area contributed by atoms with Gasteiger partial charge in [0.05, 0.1) is 17.2 Å². The Morgan fingerprint density at radius 2 is 1.90 bits per heavy atom. The molecule has 0 amide bonds. The van der Waals surface area contributed by atoms with Crippen LogP contribution in [0.5, 0.6) is 0 Å². The van der Waals surface area contributed by atoms with Gasteiger partial charge in [-0.1, -0.05) is 12.1 Å². The molecule has 1 aromatic rings. The van der Waals surface area contributed by atoms with E-state index in [4.69, 9.17) is 0 Å². The van der Waals surface area contributed by atoms with E-state index in [1.807, 2.05) is 6.92 Å². The first kappa shape index (κ1) is 16.3. The molecule has 0 unspecified atom stereocenters. The van der Waals surface area contributed by atoms with Crippen molar-refractivity contribution in [2.24, 2.45) is 0 Å². The molecule has 0 bridgehead atoms. The largest absolute Gasteiger partial charge is 0.384 e. The highest BCUT2D eigenvalue weighted by molar-refractivity contribution is 7.91. The third-order valence-corrected chi connectivity index (χ3v) is 7.06. The van der Waals surface area contributed by atoms with Crippen LogP contribution in [0.25, 0.3) is 0 Å². The van der Waals surface area contributed by atoms with Gasteiger partial charge in [-0.05, 0) is 25.5 Å². The summed E-state index contributed by atoms with van der Waals surface area (Å²) >= 11 is 0. The minimum absolute atomic E-state index is 0.0190. The number of hydrogen-bond donors (Lipinski definition) is 1. The second-order valence-corrected chi connectivity index (χ2v) is 9.15. The molecule has 0 aromatic heterocycles. The van der Waals surface area contributed by atoms with Gasteiger partial charge in [0.2, 0.25) is 10.0 Å². The van der Waals surface area contributed by atoms with Crippen LogP contribution in [0.15, 0.2) is 29.2 Å². The molecule has 1 saturated heterocycles. The Labute approximate surface area is 126 Å². The number of para-hydroxylation sites is 1. The van der Waals surface area contributed by atoms with Crippen LogP contribution >= 0.6 is 0 Å². The number of benzene rings is 1. The quantitative estimate of drug-likeness (QED) is 0.887. The number of anilines is 1. The summed E-state index contributed by atoms with van der Waals surface area (Å²) in [6, 6.07) is 6.70. The van der Waals surface area contributed by atoms with Gasteiger partial charge in [-0.2, -0.15) is 4.31 Å². The van der Waals surface area contributed by atoms with Crippen LogP contribution < -0.4 is 5.32 Å². The molecule has 1 N–H and O–H groups in total. The zero-order valence-electron chi connectivity index (χ0n) is 11.9. The van der Waals surface area contributed by atoms with E-state index in [1.54, 1.807) is 24.3 Å². The molecule has 1 heterocycles. The fourth-order valence-electron chi connectivity index (χ4n) is 2.32. The Hall–Kier alpha value is -1.12. The van der Waals surface area contributed by atoms with E-state index in [2.05, 4.69) is 5.32 Å². The summed E-state index contributed by atoms with van der Waals surface area (Å²) < 4.78 is 50.0. The first-order valence-corrected chi connectivity index (χ1v) is 10.2. The lowest BCUT2D eigenvalue weighted by Gasteiger charge is -2.21. The van der Waals surface area contributed by atoms with Crippen LogP contribution in [-0.2, 0) is 19.9 Å². The van der Waals surface area contributed by atoms with Crippen molar-refractivity contribution in [2.75, 3.05) is 36.5 Å². The van der Waals surface area contributed by atoms with Gasteiger partial charge in [0.15, 0.2) is 9.84 Å². The molecule has 21 heavy (non-hydrogen) atoms. The van der Waals surface area contributed by atoms with Gasteiger partial charge in [-0.15, -0.1) is 0 Å². The van der Waals surface area contributed by atoms with E-state index >= 15 is 0 Å². The molecule has 0 aliphatic carbocycles. The van der Waals surface area contributed by atoms with Crippen LogP contribution in [-0.4, -0.2) is 52.3 Å². The summed E-state index contributed by atoms with van der Waals surface area (Å²) in [6.07, 6.45) is 0.338. The van der Waals surface area contributed by atoms with E-state index in [9.17, 15) is 16.8 Å². The normalized spacial score (nSPS) is 19.9. The van der Waals surface area contributed by atoms with Crippen molar-refractivity contribution >= 4 is 25.5 Å². The van der Waals surface area contributed by atoms with Crippen LogP contribution in [0.4, 0.5) is 5.69 Å². The lowest BCUT2D eigenvalue weighted by atomic mass is 10.3. The summed E-state index contributed by atoms with van der Waals surface area (Å²) in [7, 11) is -6.82. The molecule has 1 aromatic carbocycles. The van der Waals surface area contributed by atoms with Crippen molar-refractivity contribution in [3.63, 3.8) is 0 Å². The second kappa shape index (κ2) is 6.33. The lowest BCUT2D eigenvalue weighted by molar-refractivity contribution is 0.435. The summed E-state index contributed by atoms with van der Waals surface area (Å²) in [5.74, 6) is -0.0660. The number of nitrogens with zero attached hydrogens (tertiary/aromatic N) is 1. The topological polar surface area (TPSA) is 83.6 Å². The SMILES string of the molecule is CCNc1ccccc1S(=O)(=O)N1CCCS(=O)(=O)CC1. The zero-order chi connectivity index (χ0) is 15.5. The maximum atomic E-state index is 12.7. The van der Waals surface area contributed by atoms with E-state index < -0.39 is 19.9 Å². The first-order valence-electron chi connectivity index (χ1n) is 6.90. The molecule has 0 spiro atoms. The van der Waals surface area contributed by atoms with Crippen LogP contribution in [0.3, 0.4) is 0 Å². The third kappa shape index (κ3) is 3.75. The van der Waals surface area contributed by atoms with E-state index in [1.165, 1.54) is 4.31 Å². The van der Waals surface area contributed by atoms with E-state index in [-0.39, 0.29) is 29.5 Å². The van der Waals surface area contributed by atoms with Crippen molar-refractivity contribution < 1.29 is 16.8 Å². The molecule has 0 radical (unpaired) electrons. The van der Waals surface area contributed by atoms with Gasteiger partial charge >= 0.3 is 0 Å². The molecule has 8 heteroatoms. The lowest BCUT2D eigenvalue weighted by Crippen LogP contribution is -2.34. The summed E-state index contributed by atoms with van der Waals surface area (Å²) in [6.45, 7) is 2.76. The maximum Gasteiger partial charge on any atom is 0.245 e. The fourth-order valence-corrected chi connectivity index (χ4v) is 5.36. The fraction of sp³-hybridized carbons (Fsp3) is 0.538. The molecule has 6 nitrogen and oxygen atoms in total. The molecule has 0 saturated carbocycles. The van der Waals surface area contributed by atoms with Gasteiger partial charge in [-0.3, -0.25) is 0 Å². The molecular formula is C13H20N2O4S2. The monoisotopic (exact) mass is 332 g/mol. The minimum Gasteiger partial charge on any atom is -0.384 e. The zero-order valence-corrected chi connectivity index (χ0v) is 13.6. The smallest absolute Gasteiger partial charge is 0.245 e. The molecule has 1 aliphatic rings. The Balaban J connectivity index is 2.34. The highest BCUT2D eigenvalue weighted by Gasteiger charge is 2.30. The van der Waals surface area contributed by atoms with Crippen molar-refractivity contribution in [3.8, 4) is 0 Å². The average molecular weight is 332 g/mol. The van der Waals surface area contributed by atoms with Crippen LogP contribution in [0.1, 0.15) is 13.3 Å².